The number of amides is 2. The van der Waals surface area contributed by atoms with Gasteiger partial charge in [0.25, 0.3) is 5.91 Å². The fraction of sp³-hybridized carbons (Fsp3) is 0.483. The molecule has 4 rings (SSSR count). The molecule has 0 bridgehead atoms. The lowest BCUT2D eigenvalue weighted by Gasteiger charge is -2.46. The van der Waals surface area contributed by atoms with Crippen LogP contribution in [-0.4, -0.2) is 78.5 Å². The Morgan fingerprint density at radius 1 is 1.15 bits per heavy atom. The molecular weight excluding hydrogens is 661 g/mol. The predicted octanol–water partition coefficient (Wildman–Crippen LogP) is 3.64. The molecule has 2 amide bonds. The van der Waals surface area contributed by atoms with Gasteiger partial charge in [-0.25, -0.2) is 23.0 Å². The molecule has 2 fully saturated rings. The highest BCUT2D eigenvalue weighted by atomic mass is 127. The highest BCUT2D eigenvalue weighted by molar-refractivity contribution is 14.1. The minimum absolute atomic E-state index is 0.0123. The second-order valence-corrected chi connectivity index (χ2v) is 14.8. The molecule has 12 heteroatoms. The maximum atomic E-state index is 14.5. The zero-order valence-electron chi connectivity index (χ0n) is 23.8. The van der Waals surface area contributed by atoms with E-state index in [1.165, 1.54) is 17.1 Å². The first-order chi connectivity index (χ1) is 19.2. The molecule has 0 saturated carbocycles. The molecule has 0 radical (unpaired) electrons. The number of alkyl carbamates (subject to hydrolysis) is 1. The Balaban J connectivity index is 1.77. The minimum atomic E-state index is -4.05. The number of hydrogen-bond donors (Lipinski definition) is 1. The third kappa shape index (κ3) is 6.69. The molecule has 2 aromatic rings. The largest absolute Gasteiger partial charge is 0.464 e. The molecule has 2 aliphatic rings. The fourth-order valence-electron chi connectivity index (χ4n) is 5.30. The molecule has 2 heterocycles. The van der Waals surface area contributed by atoms with E-state index >= 15 is 0 Å². The van der Waals surface area contributed by atoms with Crippen LogP contribution in [0, 0.1) is 10.5 Å². The van der Waals surface area contributed by atoms with Crippen LogP contribution in [0.2, 0.25) is 0 Å². The summed E-state index contributed by atoms with van der Waals surface area (Å²) in [5.41, 5.74) is -0.616. The Bertz CT molecular complexity index is 1420. The lowest BCUT2D eigenvalue weighted by atomic mass is 9.84. The van der Waals surface area contributed by atoms with Crippen LogP contribution in [0.1, 0.15) is 45.2 Å². The second-order valence-electron chi connectivity index (χ2n) is 11.4. The first-order valence-electron chi connectivity index (χ1n) is 13.5. The molecule has 3 unspecified atom stereocenters. The van der Waals surface area contributed by atoms with Crippen LogP contribution in [0.25, 0.3) is 0 Å². The number of sulfone groups is 1. The lowest BCUT2D eigenvalue weighted by molar-refractivity contribution is -0.173. The number of hydrazine groups is 1. The Labute approximate surface area is 254 Å². The molecular formula is C29H36IN3O7S. The molecule has 2 aromatic carbocycles. The van der Waals surface area contributed by atoms with E-state index in [9.17, 15) is 22.8 Å². The number of esters is 1. The van der Waals surface area contributed by atoms with E-state index in [0.717, 1.165) is 14.7 Å². The topological polar surface area (TPSA) is 122 Å². The summed E-state index contributed by atoms with van der Waals surface area (Å²) in [4.78, 5) is 41.0. The van der Waals surface area contributed by atoms with Crippen molar-refractivity contribution in [1.29, 1.82) is 0 Å². The van der Waals surface area contributed by atoms with Gasteiger partial charge in [0.1, 0.15) is 16.4 Å². The van der Waals surface area contributed by atoms with E-state index in [4.69, 9.17) is 9.47 Å². The third-order valence-electron chi connectivity index (χ3n) is 7.14. The second kappa shape index (κ2) is 11.9. The number of nitrogens with zero attached hydrogens (tertiary/aromatic N) is 2. The monoisotopic (exact) mass is 697 g/mol. The van der Waals surface area contributed by atoms with E-state index in [0.29, 0.717) is 0 Å². The van der Waals surface area contributed by atoms with Crippen molar-refractivity contribution in [2.75, 3.05) is 19.7 Å². The van der Waals surface area contributed by atoms with Crippen molar-refractivity contribution in [3.63, 3.8) is 0 Å². The summed E-state index contributed by atoms with van der Waals surface area (Å²) in [7, 11) is -4.05. The van der Waals surface area contributed by atoms with Gasteiger partial charge in [0.2, 0.25) is 0 Å². The van der Waals surface area contributed by atoms with Gasteiger partial charge in [-0.3, -0.25) is 9.80 Å². The third-order valence-corrected chi connectivity index (χ3v) is 9.94. The number of rotatable bonds is 7. The summed E-state index contributed by atoms with van der Waals surface area (Å²) < 4.78 is 39.5. The van der Waals surface area contributed by atoms with Gasteiger partial charge in [-0.15, -0.1) is 0 Å². The Kier molecular flexibility index (Phi) is 9.05. The van der Waals surface area contributed by atoms with Gasteiger partial charge in [0.05, 0.1) is 11.5 Å². The summed E-state index contributed by atoms with van der Waals surface area (Å²) in [6.45, 7) is 8.81. The number of benzene rings is 2. The summed E-state index contributed by atoms with van der Waals surface area (Å²) in [5.74, 6) is -1.40. The van der Waals surface area contributed by atoms with Crippen molar-refractivity contribution >= 4 is 50.4 Å². The number of carbonyl (C=O) groups is 3. The van der Waals surface area contributed by atoms with Gasteiger partial charge in [0, 0.05) is 23.1 Å². The Morgan fingerprint density at radius 2 is 1.83 bits per heavy atom. The summed E-state index contributed by atoms with van der Waals surface area (Å²) in [6.07, 6.45) is -0.475. The smallest absolute Gasteiger partial charge is 0.408 e. The van der Waals surface area contributed by atoms with Crippen molar-refractivity contribution in [3.05, 3.63) is 63.2 Å². The molecule has 3 atom stereocenters. The first kappa shape index (κ1) is 31.2. The first-order valence-corrected chi connectivity index (χ1v) is 16.1. The molecule has 10 nitrogen and oxygen atoms in total. The van der Waals surface area contributed by atoms with Crippen LogP contribution in [0.3, 0.4) is 0 Å². The number of fused-ring (bicyclic) bond motifs is 1. The fourth-order valence-corrected chi connectivity index (χ4v) is 7.70. The van der Waals surface area contributed by atoms with Gasteiger partial charge < -0.3 is 14.8 Å². The van der Waals surface area contributed by atoms with E-state index < -0.39 is 50.2 Å². The van der Waals surface area contributed by atoms with Crippen LogP contribution in [0.4, 0.5) is 4.79 Å². The maximum absolute atomic E-state index is 14.5. The number of aryl methyl sites for hydroxylation is 1. The number of carbonyl (C=O) groups excluding carboxylic acids is 3. The lowest BCUT2D eigenvalue weighted by Crippen LogP contribution is -2.69. The number of hydrogen-bond acceptors (Lipinski definition) is 8. The van der Waals surface area contributed by atoms with Crippen molar-refractivity contribution in [1.82, 2.24) is 15.3 Å². The van der Waals surface area contributed by atoms with E-state index in [1.54, 1.807) is 44.8 Å². The molecule has 222 valence electrons. The quantitative estimate of drug-likeness (QED) is 0.344. The van der Waals surface area contributed by atoms with Gasteiger partial charge in [-0.05, 0) is 93.5 Å². The minimum Gasteiger partial charge on any atom is -0.464 e. The summed E-state index contributed by atoms with van der Waals surface area (Å²) >= 11 is 2.17. The molecule has 0 aliphatic carbocycles. The molecule has 2 aliphatic heterocycles. The number of nitrogens with one attached hydrogen (secondary N) is 1. The van der Waals surface area contributed by atoms with E-state index in [-0.39, 0.29) is 37.4 Å². The Hall–Kier alpha value is -2.71. The van der Waals surface area contributed by atoms with Gasteiger partial charge in [-0.1, -0.05) is 29.8 Å². The summed E-state index contributed by atoms with van der Waals surface area (Å²) in [5, 5.41) is 4.34. The van der Waals surface area contributed by atoms with E-state index in [2.05, 4.69) is 27.9 Å². The van der Waals surface area contributed by atoms with Crippen LogP contribution in [0.5, 0.6) is 0 Å². The van der Waals surface area contributed by atoms with Crippen molar-refractivity contribution in [2.45, 2.75) is 74.8 Å². The SMILES string of the molecule is CCOC(=O)C1C(S(=O)(=O)c2ccc(C)cc2)CN2CCC(Cc3cccc(I)c3)(NC(=O)OC(C)(C)C)C(=O)N12. The van der Waals surface area contributed by atoms with Gasteiger partial charge in [-0.2, -0.15) is 0 Å². The predicted molar refractivity (Wildman–Crippen MR) is 161 cm³/mol. The molecule has 41 heavy (non-hydrogen) atoms. The molecule has 1 N–H and O–H groups in total. The maximum Gasteiger partial charge on any atom is 0.408 e. The van der Waals surface area contributed by atoms with Gasteiger partial charge >= 0.3 is 12.1 Å². The number of ether oxygens (including phenoxy) is 2. The van der Waals surface area contributed by atoms with Crippen LogP contribution >= 0.6 is 22.6 Å². The zero-order valence-corrected chi connectivity index (χ0v) is 26.8. The average Bonchev–Trinajstić information content (AvgIpc) is 3.27. The number of halogens is 1. The van der Waals surface area contributed by atoms with Crippen LogP contribution in [-0.2, 0) is 35.3 Å². The normalized spacial score (nSPS) is 23.2. The average molecular weight is 698 g/mol. The van der Waals surface area contributed by atoms with Crippen LogP contribution in [0.15, 0.2) is 53.4 Å². The Morgan fingerprint density at radius 3 is 2.44 bits per heavy atom. The van der Waals surface area contributed by atoms with Crippen molar-refractivity contribution in [2.24, 2.45) is 0 Å². The molecule has 0 spiro atoms. The van der Waals surface area contributed by atoms with Gasteiger partial charge in [0.15, 0.2) is 15.9 Å². The van der Waals surface area contributed by atoms with Crippen molar-refractivity contribution in [3.8, 4) is 0 Å². The molecule has 0 aromatic heterocycles. The highest BCUT2D eigenvalue weighted by Crippen LogP contribution is 2.37. The van der Waals surface area contributed by atoms with Crippen molar-refractivity contribution < 1.29 is 32.3 Å². The highest BCUT2D eigenvalue weighted by Gasteiger charge is 2.60. The van der Waals surface area contributed by atoms with E-state index in [1.807, 2.05) is 31.2 Å². The van der Waals surface area contributed by atoms with Crippen LogP contribution < -0.4 is 5.32 Å². The summed E-state index contributed by atoms with van der Waals surface area (Å²) in [6, 6.07) is 12.5. The molecule has 2 saturated heterocycles. The standard InChI is InChI=1S/C29H36IN3O7S/c1-6-39-25(34)24-23(41(37,38)22-12-10-19(2)11-13-22)18-32-15-14-29(26(35)33(24)32,31-27(36)40-28(3,4)5)17-20-8-7-9-21(30)16-20/h7-13,16,23-24H,6,14-15,17-18H2,1-5H3,(H,31,36). The zero-order chi connectivity index (χ0) is 30.2.